The summed E-state index contributed by atoms with van der Waals surface area (Å²) in [6.07, 6.45) is 5.67. The molecule has 3 heterocycles. The van der Waals surface area contributed by atoms with Gasteiger partial charge in [-0.05, 0) is 68.6 Å². The molecule has 7 aromatic carbocycles. The van der Waals surface area contributed by atoms with Gasteiger partial charge in [-0.25, -0.2) is 19.8 Å². The molecule has 0 amide bonds. The Morgan fingerprint density at radius 2 is 0.929 bits per heavy atom. The Bertz CT molecular complexity index is 3080. The molecule has 3 aromatic heterocycles. The van der Waals surface area contributed by atoms with Crippen molar-refractivity contribution < 1.29 is 0 Å². The third kappa shape index (κ3) is 5.90. The second-order valence-electron chi connectivity index (χ2n) is 13.6. The molecule has 0 atom stereocenters. The average molecular weight is 715 g/mol. The standard InChI is InChI=1S/C50H30N6/c1-51-39-23-21-32(22-24-39)37-27-38(31-52-30-37)43-28-46-42-20-11-25-53-47(42)44(29-45(46)41-19-9-8-18-40(41)43)35-16-10-17-36(26-35)50-55-48(33-12-4-2-5-13-33)54-49(56-50)34-14-6-3-7-15-34/h2-31H. The highest BCUT2D eigenvalue weighted by Crippen LogP contribution is 2.42. The number of hydrogen-bond donors (Lipinski definition) is 0. The quantitative estimate of drug-likeness (QED) is 0.127. The Morgan fingerprint density at radius 3 is 1.64 bits per heavy atom. The van der Waals surface area contributed by atoms with E-state index >= 15 is 0 Å². The van der Waals surface area contributed by atoms with E-state index in [-0.39, 0.29) is 0 Å². The Hall–Kier alpha value is -7.88. The number of nitrogens with zero attached hydrogens (tertiary/aromatic N) is 6. The van der Waals surface area contributed by atoms with E-state index in [1.807, 2.05) is 110 Å². The number of hydrogen-bond acceptors (Lipinski definition) is 5. The van der Waals surface area contributed by atoms with Crippen LogP contribution in [0.3, 0.4) is 0 Å². The summed E-state index contributed by atoms with van der Waals surface area (Å²) < 4.78 is 0. The highest BCUT2D eigenvalue weighted by molar-refractivity contribution is 6.23. The summed E-state index contributed by atoms with van der Waals surface area (Å²) in [5.74, 6) is 1.85. The van der Waals surface area contributed by atoms with Crippen LogP contribution in [-0.4, -0.2) is 24.9 Å². The van der Waals surface area contributed by atoms with E-state index < -0.39 is 0 Å². The Morgan fingerprint density at radius 1 is 0.375 bits per heavy atom. The van der Waals surface area contributed by atoms with Gasteiger partial charge in [-0.15, -0.1) is 0 Å². The minimum absolute atomic E-state index is 0.603. The van der Waals surface area contributed by atoms with Crippen LogP contribution >= 0.6 is 0 Å². The van der Waals surface area contributed by atoms with Crippen molar-refractivity contribution in [2.24, 2.45) is 0 Å². The molecule has 260 valence electrons. The van der Waals surface area contributed by atoms with Gasteiger partial charge >= 0.3 is 0 Å². The lowest BCUT2D eigenvalue weighted by molar-refractivity contribution is 1.07. The van der Waals surface area contributed by atoms with Gasteiger partial charge in [-0.1, -0.05) is 133 Å². The summed E-state index contributed by atoms with van der Waals surface area (Å²) in [6.45, 7) is 7.34. The van der Waals surface area contributed by atoms with Crippen molar-refractivity contribution in [2.45, 2.75) is 0 Å². The largest absolute Gasteiger partial charge is 0.263 e. The van der Waals surface area contributed by atoms with Gasteiger partial charge in [0.1, 0.15) is 0 Å². The van der Waals surface area contributed by atoms with Gasteiger partial charge in [0.2, 0.25) is 0 Å². The fourth-order valence-corrected chi connectivity index (χ4v) is 7.52. The Kier molecular flexibility index (Phi) is 8.09. The van der Waals surface area contributed by atoms with E-state index in [4.69, 9.17) is 26.5 Å². The number of rotatable bonds is 6. The highest BCUT2D eigenvalue weighted by atomic mass is 15.0. The number of fused-ring (bicyclic) bond motifs is 5. The van der Waals surface area contributed by atoms with Crippen LogP contribution in [0, 0.1) is 6.57 Å². The van der Waals surface area contributed by atoms with Gasteiger partial charge in [0.15, 0.2) is 23.2 Å². The molecule has 0 fully saturated rings. The van der Waals surface area contributed by atoms with E-state index in [0.29, 0.717) is 23.2 Å². The molecule has 0 aliphatic carbocycles. The molecule has 56 heavy (non-hydrogen) atoms. The minimum Gasteiger partial charge on any atom is -0.263 e. The molecule has 0 saturated carbocycles. The van der Waals surface area contributed by atoms with Gasteiger partial charge in [0, 0.05) is 57.4 Å². The lowest BCUT2D eigenvalue weighted by atomic mass is 9.89. The van der Waals surface area contributed by atoms with Crippen molar-refractivity contribution in [1.82, 2.24) is 24.9 Å². The molecule has 0 radical (unpaired) electrons. The molecule has 10 aromatic rings. The SMILES string of the molecule is [C-]#[N+]c1ccc(-c2cncc(-c3cc4c5cccnc5c(-c5cccc(-c6nc(-c7ccccc7)nc(-c7ccccc7)n6)c5)cc4c4ccccc34)c2)cc1. The van der Waals surface area contributed by atoms with E-state index in [2.05, 4.69) is 82.6 Å². The molecule has 10 rings (SSSR count). The van der Waals surface area contributed by atoms with Crippen molar-refractivity contribution >= 4 is 38.1 Å². The summed E-state index contributed by atoms with van der Waals surface area (Å²) in [5, 5.41) is 5.60. The molecular formula is C50H30N6. The van der Waals surface area contributed by atoms with Gasteiger partial charge in [0.25, 0.3) is 0 Å². The second-order valence-corrected chi connectivity index (χ2v) is 13.6. The van der Waals surface area contributed by atoms with Crippen molar-refractivity contribution in [3.05, 3.63) is 194 Å². The molecular weight excluding hydrogens is 685 g/mol. The average Bonchev–Trinajstić information content (AvgIpc) is 3.29. The molecule has 6 nitrogen and oxygen atoms in total. The van der Waals surface area contributed by atoms with Crippen LogP contribution in [0.4, 0.5) is 5.69 Å². The zero-order valence-corrected chi connectivity index (χ0v) is 30.0. The smallest absolute Gasteiger partial charge is 0.187 e. The monoisotopic (exact) mass is 714 g/mol. The van der Waals surface area contributed by atoms with E-state index in [9.17, 15) is 0 Å². The zero-order chi connectivity index (χ0) is 37.4. The maximum atomic E-state index is 7.34. The molecule has 0 unspecified atom stereocenters. The number of aromatic nitrogens is 5. The molecule has 0 aliphatic rings. The van der Waals surface area contributed by atoms with E-state index in [1.54, 1.807) is 0 Å². The first kappa shape index (κ1) is 32.7. The molecule has 6 heteroatoms. The zero-order valence-electron chi connectivity index (χ0n) is 30.0. The summed E-state index contributed by atoms with van der Waals surface area (Å²) in [7, 11) is 0. The lowest BCUT2D eigenvalue weighted by Gasteiger charge is -2.16. The first-order valence-corrected chi connectivity index (χ1v) is 18.3. The summed E-state index contributed by atoms with van der Waals surface area (Å²) >= 11 is 0. The maximum Gasteiger partial charge on any atom is 0.187 e. The molecule has 0 N–H and O–H groups in total. The third-order valence-electron chi connectivity index (χ3n) is 10.2. The molecule has 0 spiro atoms. The van der Waals surface area contributed by atoms with Crippen LogP contribution in [0.15, 0.2) is 182 Å². The van der Waals surface area contributed by atoms with Crippen LogP contribution < -0.4 is 0 Å². The van der Waals surface area contributed by atoms with Crippen molar-refractivity contribution in [3.63, 3.8) is 0 Å². The van der Waals surface area contributed by atoms with E-state index in [1.165, 1.54) is 0 Å². The lowest BCUT2D eigenvalue weighted by Crippen LogP contribution is -2.00. The Labute approximate surface area is 323 Å². The van der Waals surface area contributed by atoms with Crippen molar-refractivity contribution in [3.8, 4) is 67.5 Å². The highest BCUT2D eigenvalue weighted by Gasteiger charge is 2.18. The third-order valence-corrected chi connectivity index (χ3v) is 10.2. The van der Waals surface area contributed by atoms with Gasteiger partial charge in [-0.3, -0.25) is 9.97 Å². The fraction of sp³-hybridized carbons (Fsp3) is 0. The predicted octanol–water partition coefficient (Wildman–Crippen LogP) is 12.7. The maximum absolute atomic E-state index is 7.34. The minimum atomic E-state index is 0.603. The van der Waals surface area contributed by atoms with Crippen LogP contribution in [0.2, 0.25) is 0 Å². The molecule has 0 bridgehead atoms. The number of pyridine rings is 2. The number of benzene rings is 7. The topological polar surface area (TPSA) is 68.8 Å². The second kappa shape index (κ2) is 13.8. The summed E-state index contributed by atoms with van der Waals surface area (Å²) in [4.78, 5) is 28.1. The van der Waals surface area contributed by atoms with Crippen LogP contribution in [0.5, 0.6) is 0 Å². The van der Waals surface area contributed by atoms with Crippen LogP contribution in [0.1, 0.15) is 0 Å². The first-order valence-electron chi connectivity index (χ1n) is 18.3. The van der Waals surface area contributed by atoms with Crippen LogP contribution in [-0.2, 0) is 0 Å². The first-order chi connectivity index (χ1) is 27.7. The van der Waals surface area contributed by atoms with Gasteiger partial charge in [-0.2, -0.15) is 0 Å². The Balaban J connectivity index is 1.14. The normalized spacial score (nSPS) is 11.2. The molecule has 0 aliphatic heterocycles. The fourth-order valence-electron chi connectivity index (χ4n) is 7.52. The van der Waals surface area contributed by atoms with Gasteiger partial charge in [0.05, 0.1) is 12.1 Å². The van der Waals surface area contributed by atoms with Crippen molar-refractivity contribution in [1.29, 1.82) is 0 Å². The summed E-state index contributed by atoms with van der Waals surface area (Å²) in [6, 6.07) is 55.6. The van der Waals surface area contributed by atoms with Crippen LogP contribution in [0.25, 0.3) is 105 Å². The molecule has 0 saturated heterocycles. The van der Waals surface area contributed by atoms with E-state index in [0.717, 1.165) is 82.5 Å². The summed E-state index contributed by atoms with van der Waals surface area (Å²) in [5.41, 5.74) is 10.4. The van der Waals surface area contributed by atoms with Crippen molar-refractivity contribution in [2.75, 3.05) is 0 Å². The van der Waals surface area contributed by atoms with Gasteiger partial charge < -0.3 is 0 Å². The predicted molar refractivity (Wildman–Crippen MR) is 227 cm³/mol.